The zero-order valence-electron chi connectivity index (χ0n) is 20.4. The number of carbonyl (C=O) groups is 1. The van der Waals surface area contributed by atoms with Gasteiger partial charge < -0.3 is 24.6 Å². The molecule has 6 nitrogen and oxygen atoms in total. The number of benzene rings is 2. The summed E-state index contributed by atoms with van der Waals surface area (Å²) >= 11 is 6.03. The second kappa shape index (κ2) is 11.5. The highest BCUT2D eigenvalue weighted by Gasteiger charge is 2.25. The van der Waals surface area contributed by atoms with Gasteiger partial charge in [0.2, 0.25) is 5.91 Å². The van der Waals surface area contributed by atoms with Crippen LogP contribution in [0.1, 0.15) is 37.7 Å². The first-order valence-electron chi connectivity index (χ1n) is 13.0. The molecule has 2 unspecified atom stereocenters. The van der Waals surface area contributed by atoms with E-state index in [1.807, 2.05) is 18.2 Å². The number of hydrogen-bond acceptors (Lipinski definition) is 5. The zero-order valence-corrected chi connectivity index (χ0v) is 21.1. The molecule has 0 aliphatic carbocycles. The van der Waals surface area contributed by atoms with Crippen molar-refractivity contribution in [2.24, 2.45) is 5.92 Å². The Morgan fingerprint density at radius 1 is 1.03 bits per heavy atom. The summed E-state index contributed by atoms with van der Waals surface area (Å²) in [6.45, 7) is 6.36. The lowest BCUT2D eigenvalue weighted by molar-refractivity contribution is -0.122. The average Bonchev–Trinajstić information content (AvgIpc) is 3.55. The fourth-order valence-electron chi connectivity index (χ4n) is 5.53. The molecular weight excluding hydrogens is 462 g/mol. The van der Waals surface area contributed by atoms with Crippen LogP contribution in [0.25, 0.3) is 0 Å². The molecule has 0 spiro atoms. The minimum atomic E-state index is 0.0947. The molecule has 2 saturated heterocycles. The molecule has 5 rings (SSSR count). The molecule has 3 aliphatic heterocycles. The largest absolute Gasteiger partial charge is 0.486 e. The average molecular weight is 498 g/mol. The van der Waals surface area contributed by atoms with Gasteiger partial charge in [0.25, 0.3) is 0 Å². The molecule has 1 amide bonds. The number of amides is 1. The fourth-order valence-corrected chi connectivity index (χ4v) is 5.65. The Morgan fingerprint density at radius 3 is 2.60 bits per heavy atom. The van der Waals surface area contributed by atoms with Gasteiger partial charge in [-0.25, -0.2) is 0 Å². The van der Waals surface area contributed by atoms with E-state index in [4.69, 9.17) is 21.1 Å². The predicted molar refractivity (Wildman–Crippen MR) is 140 cm³/mol. The molecule has 0 aromatic heterocycles. The highest BCUT2D eigenvalue weighted by molar-refractivity contribution is 6.30. The van der Waals surface area contributed by atoms with Crippen molar-refractivity contribution in [2.45, 2.75) is 44.6 Å². The van der Waals surface area contributed by atoms with Gasteiger partial charge in [0.05, 0.1) is 0 Å². The number of nitrogens with zero attached hydrogens (tertiary/aromatic N) is 2. The minimum absolute atomic E-state index is 0.0947. The van der Waals surface area contributed by atoms with Gasteiger partial charge in [-0.3, -0.25) is 4.79 Å². The summed E-state index contributed by atoms with van der Waals surface area (Å²) in [6.07, 6.45) is 5.93. The Labute approximate surface area is 213 Å². The molecule has 35 heavy (non-hydrogen) atoms. The van der Waals surface area contributed by atoms with E-state index in [2.05, 4.69) is 39.4 Å². The van der Waals surface area contributed by atoms with Gasteiger partial charge in [0.1, 0.15) is 13.2 Å². The number of nitrogens with one attached hydrogen (secondary N) is 1. The van der Waals surface area contributed by atoms with Crippen molar-refractivity contribution in [1.29, 1.82) is 0 Å². The highest BCUT2D eigenvalue weighted by atomic mass is 35.5. The predicted octanol–water partition coefficient (Wildman–Crippen LogP) is 4.54. The smallest absolute Gasteiger partial charge is 0.220 e. The van der Waals surface area contributed by atoms with E-state index in [-0.39, 0.29) is 11.9 Å². The molecule has 2 aromatic carbocycles. The van der Waals surface area contributed by atoms with Crippen LogP contribution in [-0.4, -0.2) is 62.8 Å². The molecule has 3 aliphatic rings. The van der Waals surface area contributed by atoms with E-state index in [9.17, 15) is 4.79 Å². The van der Waals surface area contributed by atoms with Gasteiger partial charge in [-0.1, -0.05) is 17.7 Å². The van der Waals surface area contributed by atoms with Crippen molar-refractivity contribution in [1.82, 2.24) is 10.2 Å². The number of rotatable bonds is 9. The highest BCUT2D eigenvalue weighted by Crippen LogP contribution is 2.31. The lowest BCUT2D eigenvalue weighted by atomic mass is 10.0. The van der Waals surface area contributed by atoms with Crippen molar-refractivity contribution >= 4 is 23.2 Å². The summed E-state index contributed by atoms with van der Waals surface area (Å²) in [5, 5.41) is 4.13. The van der Waals surface area contributed by atoms with Crippen molar-refractivity contribution in [3.8, 4) is 11.5 Å². The Bertz CT molecular complexity index is 993. The van der Waals surface area contributed by atoms with E-state index in [1.54, 1.807) is 0 Å². The molecule has 2 atom stereocenters. The van der Waals surface area contributed by atoms with Crippen LogP contribution < -0.4 is 19.7 Å². The normalized spacial score (nSPS) is 20.7. The van der Waals surface area contributed by atoms with Gasteiger partial charge in [-0.2, -0.15) is 0 Å². The van der Waals surface area contributed by atoms with Crippen LogP contribution in [0, 0.1) is 5.92 Å². The lowest BCUT2D eigenvalue weighted by Crippen LogP contribution is -2.44. The summed E-state index contributed by atoms with van der Waals surface area (Å²) < 4.78 is 11.4. The van der Waals surface area contributed by atoms with E-state index in [1.165, 1.54) is 24.1 Å². The summed E-state index contributed by atoms with van der Waals surface area (Å²) in [5.74, 6) is 2.33. The maximum Gasteiger partial charge on any atom is 0.220 e. The van der Waals surface area contributed by atoms with E-state index in [0.717, 1.165) is 68.5 Å². The third kappa shape index (κ3) is 6.62. The standard InChI is InChI=1S/C28H36ClN3O3/c29-23-5-7-25(8-6-23)32-14-11-21(19-32)4-10-28(33)30-24(20-31-12-1-2-13-31)17-22-3-9-26-27(18-22)35-16-15-34-26/h3,5-9,18,21,24H,1-2,4,10-17,19-20H2,(H,30,33). The molecule has 3 heterocycles. The molecule has 2 fully saturated rings. The fraction of sp³-hybridized carbons (Fsp3) is 0.536. The van der Waals surface area contributed by atoms with Crippen LogP contribution in [0.15, 0.2) is 42.5 Å². The number of carbonyl (C=O) groups excluding carboxylic acids is 1. The van der Waals surface area contributed by atoms with Crippen LogP contribution in [0.4, 0.5) is 5.69 Å². The Balaban J connectivity index is 1.14. The molecule has 2 aromatic rings. The van der Waals surface area contributed by atoms with E-state index >= 15 is 0 Å². The Morgan fingerprint density at radius 2 is 1.80 bits per heavy atom. The summed E-state index contributed by atoms with van der Waals surface area (Å²) in [7, 11) is 0. The number of anilines is 1. The Hall–Kier alpha value is -2.44. The van der Waals surface area contributed by atoms with Crippen molar-refractivity contribution in [3.63, 3.8) is 0 Å². The first kappa shape index (κ1) is 24.3. The lowest BCUT2D eigenvalue weighted by Gasteiger charge is -2.26. The van der Waals surface area contributed by atoms with Gasteiger partial charge in [-0.05, 0) is 93.1 Å². The van der Waals surface area contributed by atoms with Gasteiger partial charge >= 0.3 is 0 Å². The quantitative estimate of drug-likeness (QED) is 0.551. The number of halogens is 1. The molecule has 0 radical (unpaired) electrons. The molecular formula is C28H36ClN3O3. The van der Waals surface area contributed by atoms with Gasteiger partial charge in [0.15, 0.2) is 11.5 Å². The topological polar surface area (TPSA) is 54.0 Å². The zero-order chi connectivity index (χ0) is 24.0. The van der Waals surface area contributed by atoms with Gasteiger partial charge in [-0.15, -0.1) is 0 Å². The van der Waals surface area contributed by atoms with Crippen molar-refractivity contribution in [2.75, 3.05) is 50.8 Å². The number of fused-ring (bicyclic) bond motifs is 1. The van der Waals surface area contributed by atoms with Crippen LogP contribution in [0.3, 0.4) is 0 Å². The molecule has 1 N–H and O–H groups in total. The third-order valence-electron chi connectivity index (χ3n) is 7.39. The first-order chi connectivity index (χ1) is 17.1. The number of ether oxygens (including phenoxy) is 2. The van der Waals surface area contributed by atoms with Crippen LogP contribution in [0.5, 0.6) is 11.5 Å². The third-order valence-corrected chi connectivity index (χ3v) is 7.64. The van der Waals surface area contributed by atoms with E-state index in [0.29, 0.717) is 25.6 Å². The molecule has 7 heteroatoms. The minimum Gasteiger partial charge on any atom is -0.486 e. The maximum atomic E-state index is 13.0. The first-order valence-corrected chi connectivity index (χ1v) is 13.4. The number of hydrogen-bond donors (Lipinski definition) is 1. The second-order valence-corrected chi connectivity index (χ2v) is 10.5. The van der Waals surface area contributed by atoms with Crippen LogP contribution >= 0.6 is 11.6 Å². The SMILES string of the molecule is O=C(CCC1CCN(c2ccc(Cl)cc2)C1)NC(Cc1ccc2c(c1)OCCO2)CN1CCCC1. The van der Waals surface area contributed by atoms with Crippen molar-refractivity contribution in [3.05, 3.63) is 53.1 Å². The Kier molecular flexibility index (Phi) is 7.99. The summed E-state index contributed by atoms with van der Waals surface area (Å²) in [5.41, 5.74) is 2.39. The van der Waals surface area contributed by atoms with Crippen LogP contribution in [-0.2, 0) is 11.2 Å². The van der Waals surface area contributed by atoms with Gasteiger partial charge in [0, 0.05) is 42.8 Å². The van der Waals surface area contributed by atoms with Crippen LogP contribution in [0.2, 0.25) is 5.02 Å². The molecule has 0 saturated carbocycles. The maximum absolute atomic E-state index is 13.0. The summed E-state index contributed by atoms with van der Waals surface area (Å²) in [6, 6.07) is 14.3. The number of likely N-dealkylation sites (tertiary alicyclic amines) is 1. The van der Waals surface area contributed by atoms with E-state index < -0.39 is 0 Å². The van der Waals surface area contributed by atoms with Crippen molar-refractivity contribution < 1.29 is 14.3 Å². The second-order valence-electron chi connectivity index (χ2n) is 10.1. The molecule has 188 valence electrons. The monoisotopic (exact) mass is 497 g/mol. The summed E-state index contributed by atoms with van der Waals surface area (Å²) in [4.78, 5) is 17.9. The molecule has 0 bridgehead atoms.